The van der Waals surface area contributed by atoms with E-state index >= 15 is 0 Å². The number of aromatic nitrogens is 2. The molecule has 5 nitrogen and oxygen atoms in total. The molecule has 1 amide bonds. The smallest absolute Gasteiger partial charge is 0.258 e. The van der Waals surface area contributed by atoms with Gasteiger partial charge in [0, 0.05) is 18.0 Å². The average Bonchev–Trinajstić information content (AvgIpc) is 3.02. The molecule has 1 aromatic heterocycles. The van der Waals surface area contributed by atoms with Gasteiger partial charge in [0.2, 0.25) is 5.95 Å². The highest BCUT2D eigenvalue weighted by Crippen LogP contribution is 2.24. The van der Waals surface area contributed by atoms with Crippen molar-refractivity contribution in [3.63, 3.8) is 0 Å². The number of nitrogens with one attached hydrogen (secondary N) is 1. The summed E-state index contributed by atoms with van der Waals surface area (Å²) in [7, 11) is 0. The van der Waals surface area contributed by atoms with Gasteiger partial charge in [0.15, 0.2) is 0 Å². The van der Waals surface area contributed by atoms with Gasteiger partial charge in [-0.1, -0.05) is 0 Å². The molecule has 0 radical (unpaired) electrons. The van der Waals surface area contributed by atoms with Gasteiger partial charge in [-0.2, -0.15) is 0 Å². The zero-order valence-electron chi connectivity index (χ0n) is 11.7. The zero-order chi connectivity index (χ0) is 14.5. The Morgan fingerprint density at radius 1 is 1.10 bits per heavy atom. The summed E-state index contributed by atoms with van der Waals surface area (Å²) in [5.74, 6) is 0.886. The van der Waals surface area contributed by atoms with Crippen LogP contribution < -0.4 is 10.1 Å². The van der Waals surface area contributed by atoms with Gasteiger partial charge in [-0.3, -0.25) is 10.1 Å². The molecule has 1 aliphatic carbocycles. The van der Waals surface area contributed by atoms with Crippen LogP contribution >= 0.6 is 0 Å². The fourth-order valence-corrected chi connectivity index (χ4v) is 2.42. The Kier molecular flexibility index (Phi) is 4.09. The van der Waals surface area contributed by atoms with Crippen LogP contribution in [0.25, 0.3) is 0 Å². The van der Waals surface area contributed by atoms with E-state index in [0.29, 0.717) is 17.6 Å². The second-order valence-corrected chi connectivity index (χ2v) is 5.08. The maximum atomic E-state index is 12.0. The molecule has 0 unspecified atom stereocenters. The van der Waals surface area contributed by atoms with Crippen molar-refractivity contribution in [2.45, 2.75) is 31.8 Å². The van der Waals surface area contributed by atoms with Crippen molar-refractivity contribution in [3.05, 3.63) is 48.3 Å². The van der Waals surface area contributed by atoms with Crippen LogP contribution in [0.15, 0.2) is 42.7 Å². The van der Waals surface area contributed by atoms with Crippen LogP contribution in [0, 0.1) is 0 Å². The normalized spacial score (nSPS) is 14.9. The minimum atomic E-state index is -0.228. The lowest BCUT2D eigenvalue weighted by Crippen LogP contribution is -2.14. The number of carbonyl (C=O) groups is 1. The summed E-state index contributed by atoms with van der Waals surface area (Å²) >= 11 is 0. The highest BCUT2D eigenvalue weighted by Gasteiger charge is 2.16. The number of benzene rings is 1. The minimum Gasteiger partial charge on any atom is -0.490 e. The molecule has 0 spiro atoms. The van der Waals surface area contributed by atoms with Gasteiger partial charge in [0.1, 0.15) is 5.75 Å². The maximum absolute atomic E-state index is 12.0. The van der Waals surface area contributed by atoms with Gasteiger partial charge in [0.05, 0.1) is 6.10 Å². The van der Waals surface area contributed by atoms with Crippen LogP contribution in [-0.4, -0.2) is 22.0 Å². The molecule has 1 N–H and O–H groups in total. The SMILES string of the molecule is O=C(Nc1ncccn1)c1ccc(OC2CCCC2)cc1. The van der Waals surface area contributed by atoms with Gasteiger partial charge < -0.3 is 4.74 Å². The van der Waals surface area contributed by atoms with E-state index in [9.17, 15) is 4.79 Å². The molecule has 1 fully saturated rings. The van der Waals surface area contributed by atoms with Crippen molar-refractivity contribution in [3.8, 4) is 5.75 Å². The molecular weight excluding hydrogens is 266 g/mol. The average molecular weight is 283 g/mol. The van der Waals surface area contributed by atoms with E-state index in [2.05, 4.69) is 15.3 Å². The van der Waals surface area contributed by atoms with Gasteiger partial charge in [-0.25, -0.2) is 9.97 Å². The van der Waals surface area contributed by atoms with E-state index in [1.165, 1.54) is 12.8 Å². The molecule has 2 aromatic rings. The number of anilines is 1. The lowest BCUT2D eigenvalue weighted by molar-refractivity contribution is 0.102. The van der Waals surface area contributed by atoms with Crippen molar-refractivity contribution >= 4 is 11.9 Å². The molecule has 1 saturated carbocycles. The largest absolute Gasteiger partial charge is 0.490 e. The van der Waals surface area contributed by atoms with E-state index in [4.69, 9.17) is 4.74 Å². The van der Waals surface area contributed by atoms with Crippen LogP contribution in [0.5, 0.6) is 5.75 Å². The van der Waals surface area contributed by atoms with E-state index < -0.39 is 0 Å². The predicted molar refractivity (Wildman–Crippen MR) is 79.3 cm³/mol. The number of amides is 1. The van der Waals surface area contributed by atoms with E-state index in [1.807, 2.05) is 12.1 Å². The second kappa shape index (κ2) is 6.35. The Bertz CT molecular complexity index is 593. The van der Waals surface area contributed by atoms with Crippen molar-refractivity contribution < 1.29 is 9.53 Å². The third kappa shape index (κ3) is 3.56. The van der Waals surface area contributed by atoms with Crippen molar-refractivity contribution in [2.75, 3.05) is 5.32 Å². The number of carbonyl (C=O) groups excluding carboxylic acids is 1. The first-order valence-electron chi connectivity index (χ1n) is 7.16. The number of ether oxygens (including phenoxy) is 1. The quantitative estimate of drug-likeness (QED) is 0.936. The van der Waals surface area contributed by atoms with Crippen molar-refractivity contribution in [1.82, 2.24) is 9.97 Å². The molecule has 1 aliphatic rings. The summed E-state index contributed by atoms with van der Waals surface area (Å²) in [6, 6.07) is 8.87. The fourth-order valence-electron chi connectivity index (χ4n) is 2.42. The molecule has 0 saturated heterocycles. The minimum absolute atomic E-state index is 0.228. The van der Waals surface area contributed by atoms with Crippen LogP contribution in [0.1, 0.15) is 36.0 Å². The Morgan fingerprint density at radius 2 is 1.76 bits per heavy atom. The first-order chi connectivity index (χ1) is 10.3. The summed E-state index contributed by atoms with van der Waals surface area (Å²) in [6.07, 6.45) is 8.20. The lowest BCUT2D eigenvalue weighted by Gasteiger charge is -2.13. The Labute approximate surface area is 123 Å². The molecule has 21 heavy (non-hydrogen) atoms. The molecule has 0 atom stereocenters. The molecule has 5 heteroatoms. The molecule has 3 rings (SSSR count). The van der Waals surface area contributed by atoms with Crippen LogP contribution in [-0.2, 0) is 0 Å². The van der Waals surface area contributed by atoms with Gasteiger partial charge in [-0.05, 0) is 56.0 Å². The first-order valence-corrected chi connectivity index (χ1v) is 7.16. The number of hydrogen-bond acceptors (Lipinski definition) is 4. The van der Waals surface area contributed by atoms with Gasteiger partial charge >= 0.3 is 0 Å². The Morgan fingerprint density at radius 3 is 2.43 bits per heavy atom. The molecular formula is C16H17N3O2. The summed E-state index contributed by atoms with van der Waals surface area (Å²) in [6.45, 7) is 0. The topological polar surface area (TPSA) is 64.1 Å². The maximum Gasteiger partial charge on any atom is 0.258 e. The third-order valence-electron chi connectivity index (χ3n) is 3.51. The molecule has 0 bridgehead atoms. The highest BCUT2D eigenvalue weighted by atomic mass is 16.5. The molecule has 1 heterocycles. The standard InChI is InChI=1S/C16H17N3O2/c20-15(19-16-17-10-3-11-18-16)12-6-8-14(9-7-12)21-13-4-1-2-5-13/h3,6-11,13H,1-2,4-5H2,(H,17,18,19,20). The highest BCUT2D eigenvalue weighted by molar-refractivity contribution is 6.03. The van der Waals surface area contributed by atoms with Gasteiger partial charge in [-0.15, -0.1) is 0 Å². The molecule has 108 valence electrons. The number of hydrogen-bond donors (Lipinski definition) is 1. The van der Waals surface area contributed by atoms with Crippen LogP contribution in [0.3, 0.4) is 0 Å². The van der Waals surface area contributed by atoms with Crippen LogP contribution in [0.2, 0.25) is 0 Å². The Balaban J connectivity index is 1.62. The summed E-state index contributed by atoms with van der Waals surface area (Å²) in [5, 5.41) is 2.65. The second-order valence-electron chi connectivity index (χ2n) is 5.08. The monoisotopic (exact) mass is 283 g/mol. The summed E-state index contributed by atoms with van der Waals surface area (Å²) < 4.78 is 5.87. The Hall–Kier alpha value is -2.43. The van der Waals surface area contributed by atoms with Crippen LogP contribution in [0.4, 0.5) is 5.95 Å². The van der Waals surface area contributed by atoms with Gasteiger partial charge in [0.25, 0.3) is 5.91 Å². The summed E-state index contributed by atoms with van der Waals surface area (Å²) in [5.41, 5.74) is 0.557. The van der Waals surface area contributed by atoms with Crippen molar-refractivity contribution in [1.29, 1.82) is 0 Å². The van der Waals surface area contributed by atoms with E-state index in [1.54, 1.807) is 30.6 Å². The summed E-state index contributed by atoms with van der Waals surface area (Å²) in [4.78, 5) is 20.0. The first kappa shape index (κ1) is 13.5. The lowest BCUT2D eigenvalue weighted by atomic mass is 10.2. The third-order valence-corrected chi connectivity index (χ3v) is 3.51. The number of nitrogens with zero attached hydrogens (tertiary/aromatic N) is 2. The predicted octanol–water partition coefficient (Wildman–Crippen LogP) is 3.05. The van der Waals surface area contributed by atoms with E-state index in [0.717, 1.165) is 18.6 Å². The fraction of sp³-hybridized carbons (Fsp3) is 0.312. The van der Waals surface area contributed by atoms with E-state index in [-0.39, 0.29) is 5.91 Å². The van der Waals surface area contributed by atoms with Crippen molar-refractivity contribution in [2.24, 2.45) is 0 Å². The zero-order valence-corrected chi connectivity index (χ0v) is 11.7. The number of rotatable bonds is 4. The molecule has 0 aliphatic heterocycles. The molecule has 1 aromatic carbocycles.